The third-order valence-electron chi connectivity index (χ3n) is 5.08. The smallest absolute Gasteiger partial charge is 0.262 e. The Labute approximate surface area is 191 Å². The monoisotopic (exact) mass is 465 g/mol. The van der Waals surface area contributed by atoms with Gasteiger partial charge in [0.2, 0.25) is 0 Å². The van der Waals surface area contributed by atoms with E-state index in [-0.39, 0.29) is 6.61 Å². The number of carbonyl (C=O) groups excluding carboxylic acids is 1. The molecule has 8 nitrogen and oxygen atoms in total. The van der Waals surface area contributed by atoms with Crippen molar-refractivity contribution in [2.24, 2.45) is 0 Å². The van der Waals surface area contributed by atoms with Gasteiger partial charge in [0.15, 0.2) is 5.65 Å². The lowest BCUT2D eigenvalue weighted by atomic mass is 10.1. The third-order valence-corrected chi connectivity index (χ3v) is 6.65. The Hall–Kier alpha value is -3.56. The molecule has 5 aromatic rings. The van der Waals surface area contributed by atoms with E-state index in [0.717, 1.165) is 32.7 Å². The third kappa shape index (κ3) is 3.55. The molecule has 0 radical (unpaired) electrons. The van der Waals surface area contributed by atoms with Crippen molar-refractivity contribution in [1.82, 2.24) is 24.8 Å². The molecule has 160 valence electrons. The van der Waals surface area contributed by atoms with Gasteiger partial charge in [0, 0.05) is 23.2 Å². The molecule has 0 saturated carbocycles. The first kappa shape index (κ1) is 20.3. The lowest BCUT2D eigenvalue weighted by molar-refractivity contribution is 0.108. The number of thiophene rings is 1. The highest BCUT2D eigenvalue weighted by atomic mass is 35.5. The maximum atomic E-state index is 12.0. The Morgan fingerprint density at radius 3 is 2.91 bits per heavy atom. The molecule has 0 spiro atoms. The molecule has 0 aliphatic carbocycles. The summed E-state index contributed by atoms with van der Waals surface area (Å²) in [6.07, 6.45) is 3.22. The summed E-state index contributed by atoms with van der Waals surface area (Å²) in [5.74, 6) is 1.40. The van der Waals surface area contributed by atoms with Crippen LogP contribution in [0.3, 0.4) is 0 Å². The normalized spacial score (nSPS) is 11.2. The average molecular weight is 466 g/mol. The van der Waals surface area contributed by atoms with Crippen molar-refractivity contribution in [1.29, 1.82) is 0 Å². The Kier molecular flexibility index (Phi) is 5.20. The fourth-order valence-corrected chi connectivity index (χ4v) is 4.87. The number of fused-ring (bicyclic) bond motifs is 2. The van der Waals surface area contributed by atoms with Crippen molar-refractivity contribution < 1.29 is 14.3 Å². The number of halogens is 1. The molecule has 0 saturated heterocycles. The van der Waals surface area contributed by atoms with E-state index in [4.69, 9.17) is 21.1 Å². The summed E-state index contributed by atoms with van der Waals surface area (Å²) >= 11 is 7.15. The van der Waals surface area contributed by atoms with Gasteiger partial charge in [-0.3, -0.25) is 9.78 Å². The van der Waals surface area contributed by atoms with Crippen molar-refractivity contribution in [3.8, 4) is 22.8 Å². The van der Waals surface area contributed by atoms with Crippen LogP contribution in [0, 0.1) is 6.92 Å². The number of ether oxygens (including phenoxy) is 2. The molecule has 4 aromatic heterocycles. The quantitative estimate of drug-likeness (QED) is 0.336. The first-order valence-electron chi connectivity index (χ1n) is 9.60. The molecule has 0 aliphatic rings. The van der Waals surface area contributed by atoms with Crippen molar-refractivity contribution in [3.05, 3.63) is 64.2 Å². The fraction of sp³-hybridized carbons (Fsp3) is 0.136. The number of benzene rings is 1. The van der Waals surface area contributed by atoms with Crippen LogP contribution in [-0.4, -0.2) is 37.1 Å². The highest BCUT2D eigenvalue weighted by Crippen LogP contribution is 2.37. The van der Waals surface area contributed by atoms with Crippen LogP contribution in [0.2, 0.25) is 0 Å². The average Bonchev–Trinajstić information content (AvgIpc) is 3.40. The summed E-state index contributed by atoms with van der Waals surface area (Å²) in [4.78, 5) is 17.7. The molecule has 32 heavy (non-hydrogen) atoms. The molecule has 0 atom stereocenters. The number of hydrogen-bond acceptors (Lipinski definition) is 8. The summed E-state index contributed by atoms with van der Waals surface area (Å²) in [7, 11) is 1.61. The van der Waals surface area contributed by atoms with E-state index in [9.17, 15) is 4.79 Å². The fourth-order valence-electron chi connectivity index (χ4n) is 3.56. The number of rotatable bonds is 6. The van der Waals surface area contributed by atoms with E-state index in [1.165, 1.54) is 17.7 Å². The lowest BCUT2D eigenvalue weighted by Crippen LogP contribution is -1.99. The summed E-state index contributed by atoms with van der Waals surface area (Å²) in [6, 6.07) is 11.1. The Balaban J connectivity index is 1.54. The van der Waals surface area contributed by atoms with Gasteiger partial charge in [-0.05, 0) is 54.4 Å². The number of methoxy groups -OCH3 is 1. The van der Waals surface area contributed by atoms with Crippen LogP contribution >= 0.6 is 22.9 Å². The van der Waals surface area contributed by atoms with Gasteiger partial charge in [-0.2, -0.15) is 9.61 Å². The van der Waals surface area contributed by atoms with E-state index in [2.05, 4.69) is 20.3 Å². The molecule has 0 N–H and O–H groups in total. The highest BCUT2D eigenvalue weighted by Gasteiger charge is 2.22. The molecule has 0 unspecified atom stereocenters. The van der Waals surface area contributed by atoms with Gasteiger partial charge in [-0.1, -0.05) is 0 Å². The van der Waals surface area contributed by atoms with Crippen LogP contribution in [-0.2, 0) is 6.61 Å². The van der Waals surface area contributed by atoms with Crippen LogP contribution in [0.5, 0.6) is 11.5 Å². The zero-order chi connectivity index (χ0) is 22.2. The topological polar surface area (TPSA) is 91.5 Å². The number of hydrogen-bond donors (Lipinski definition) is 0. The van der Waals surface area contributed by atoms with Crippen LogP contribution in [0.1, 0.15) is 20.1 Å². The number of pyridine rings is 1. The molecular weight excluding hydrogens is 450 g/mol. The van der Waals surface area contributed by atoms with Crippen molar-refractivity contribution in [2.75, 3.05) is 7.11 Å². The SMILES string of the molecule is COc1ccc2c(OCc3sc(C(=O)Cl)c(C)c3-c3ccc4nncn4n3)ccnc2c1. The van der Waals surface area contributed by atoms with Crippen LogP contribution in [0.15, 0.2) is 48.9 Å². The van der Waals surface area contributed by atoms with E-state index in [1.54, 1.807) is 17.8 Å². The van der Waals surface area contributed by atoms with Crippen molar-refractivity contribution >= 4 is 44.7 Å². The largest absolute Gasteiger partial charge is 0.497 e. The highest BCUT2D eigenvalue weighted by molar-refractivity contribution is 7.16. The Morgan fingerprint density at radius 1 is 1.22 bits per heavy atom. The summed E-state index contributed by atoms with van der Waals surface area (Å²) in [5.41, 5.74) is 3.65. The van der Waals surface area contributed by atoms with E-state index < -0.39 is 5.24 Å². The van der Waals surface area contributed by atoms with Gasteiger partial charge >= 0.3 is 0 Å². The Bertz CT molecular complexity index is 1480. The zero-order valence-electron chi connectivity index (χ0n) is 17.1. The number of carbonyl (C=O) groups is 1. The summed E-state index contributed by atoms with van der Waals surface area (Å²) in [5, 5.41) is 12.8. The molecular formula is C22H16ClN5O3S. The second-order valence-electron chi connectivity index (χ2n) is 6.96. The minimum atomic E-state index is -0.508. The van der Waals surface area contributed by atoms with E-state index >= 15 is 0 Å². The van der Waals surface area contributed by atoms with Gasteiger partial charge in [-0.25, -0.2) is 0 Å². The molecule has 4 heterocycles. The minimum absolute atomic E-state index is 0.234. The van der Waals surface area contributed by atoms with Crippen molar-refractivity contribution in [2.45, 2.75) is 13.5 Å². The number of nitrogens with zero attached hydrogens (tertiary/aromatic N) is 5. The predicted molar refractivity (Wildman–Crippen MR) is 122 cm³/mol. The lowest BCUT2D eigenvalue weighted by Gasteiger charge is -2.11. The molecule has 5 rings (SSSR count). The molecule has 0 amide bonds. The second-order valence-corrected chi connectivity index (χ2v) is 8.41. The van der Waals surface area contributed by atoms with E-state index in [1.807, 2.05) is 43.3 Å². The van der Waals surface area contributed by atoms with Gasteiger partial charge in [-0.15, -0.1) is 21.5 Å². The molecule has 1 aromatic carbocycles. The van der Waals surface area contributed by atoms with Crippen LogP contribution < -0.4 is 9.47 Å². The first-order valence-corrected chi connectivity index (χ1v) is 10.8. The molecule has 0 fully saturated rings. The molecule has 0 bridgehead atoms. The first-order chi connectivity index (χ1) is 15.5. The van der Waals surface area contributed by atoms with Crippen LogP contribution in [0.4, 0.5) is 0 Å². The van der Waals surface area contributed by atoms with Gasteiger partial charge in [0.1, 0.15) is 24.4 Å². The van der Waals surface area contributed by atoms with Gasteiger partial charge < -0.3 is 9.47 Å². The Morgan fingerprint density at radius 2 is 2.09 bits per heavy atom. The summed E-state index contributed by atoms with van der Waals surface area (Å²) < 4.78 is 13.0. The van der Waals surface area contributed by atoms with Gasteiger partial charge in [0.25, 0.3) is 5.24 Å². The molecule has 10 heteroatoms. The second kappa shape index (κ2) is 8.18. The zero-order valence-corrected chi connectivity index (χ0v) is 18.6. The predicted octanol–water partition coefficient (Wildman–Crippen LogP) is 4.68. The maximum Gasteiger partial charge on any atom is 0.262 e. The standard InChI is InChI=1S/C22H16ClN5O3S/c1-12-20(15-5-6-19-26-25-11-28(19)27-15)18(32-21(12)22(23)29)10-31-17-7-8-24-16-9-13(30-2)3-4-14(16)17/h3-9,11H,10H2,1-2H3. The van der Waals surface area contributed by atoms with E-state index in [0.29, 0.717) is 22.0 Å². The molecule has 0 aliphatic heterocycles. The van der Waals surface area contributed by atoms with Crippen LogP contribution in [0.25, 0.3) is 27.8 Å². The van der Waals surface area contributed by atoms with Gasteiger partial charge in [0.05, 0.1) is 28.1 Å². The minimum Gasteiger partial charge on any atom is -0.497 e. The maximum absolute atomic E-state index is 12.0. The summed E-state index contributed by atoms with van der Waals surface area (Å²) in [6.45, 7) is 2.09. The van der Waals surface area contributed by atoms with Crippen molar-refractivity contribution in [3.63, 3.8) is 0 Å². The number of aromatic nitrogens is 5.